The fourth-order valence-corrected chi connectivity index (χ4v) is 1.66. The second-order valence-electron chi connectivity index (χ2n) is 3.72. The van der Waals surface area contributed by atoms with E-state index in [2.05, 4.69) is 5.10 Å². The van der Waals surface area contributed by atoms with Crippen molar-refractivity contribution in [2.75, 3.05) is 5.73 Å². The molecule has 0 unspecified atom stereocenters. The Bertz CT molecular complexity index is 517. The summed E-state index contributed by atoms with van der Waals surface area (Å²) >= 11 is 0. The van der Waals surface area contributed by atoms with Crippen LogP contribution in [0.15, 0.2) is 24.4 Å². The Morgan fingerprint density at radius 2 is 2.19 bits per heavy atom. The number of hydrogen-bond acceptors (Lipinski definition) is 2. The molecule has 0 aliphatic heterocycles. The van der Waals surface area contributed by atoms with Gasteiger partial charge in [0.25, 0.3) is 0 Å². The van der Waals surface area contributed by atoms with Gasteiger partial charge in [-0.3, -0.25) is 4.68 Å². The Morgan fingerprint density at radius 3 is 2.75 bits per heavy atom. The van der Waals surface area contributed by atoms with E-state index in [9.17, 15) is 4.39 Å². The van der Waals surface area contributed by atoms with Gasteiger partial charge in [0.1, 0.15) is 5.82 Å². The van der Waals surface area contributed by atoms with Gasteiger partial charge in [-0.25, -0.2) is 4.39 Å². The number of benzene rings is 1. The van der Waals surface area contributed by atoms with Crippen LogP contribution in [0.25, 0.3) is 11.1 Å². The maximum Gasteiger partial charge on any atom is 0.146 e. The minimum atomic E-state index is -0.388. The van der Waals surface area contributed by atoms with Crippen LogP contribution >= 0.6 is 0 Å². The van der Waals surface area contributed by atoms with Gasteiger partial charge >= 0.3 is 0 Å². The minimum Gasteiger partial charge on any atom is -0.396 e. The van der Waals surface area contributed by atoms with Crippen molar-refractivity contribution in [1.82, 2.24) is 9.78 Å². The monoisotopic (exact) mass is 219 g/mol. The number of hydrogen-bond donors (Lipinski definition) is 1. The highest BCUT2D eigenvalue weighted by molar-refractivity contribution is 5.67. The van der Waals surface area contributed by atoms with Gasteiger partial charge < -0.3 is 5.73 Å². The quantitative estimate of drug-likeness (QED) is 0.789. The first-order chi connectivity index (χ1) is 7.61. The highest BCUT2D eigenvalue weighted by atomic mass is 19.1. The predicted molar refractivity (Wildman–Crippen MR) is 62.4 cm³/mol. The van der Waals surface area contributed by atoms with Crippen LogP contribution in [-0.4, -0.2) is 9.78 Å². The summed E-state index contributed by atoms with van der Waals surface area (Å²) in [4.78, 5) is 0. The first-order valence-electron chi connectivity index (χ1n) is 5.21. The van der Waals surface area contributed by atoms with Crippen LogP contribution < -0.4 is 5.73 Å². The molecular weight excluding hydrogens is 205 g/mol. The molecule has 0 saturated heterocycles. The van der Waals surface area contributed by atoms with Crippen molar-refractivity contribution in [3.8, 4) is 11.1 Å². The van der Waals surface area contributed by atoms with Crippen molar-refractivity contribution in [2.45, 2.75) is 20.4 Å². The topological polar surface area (TPSA) is 43.8 Å². The van der Waals surface area contributed by atoms with Gasteiger partial charge in [-0.05, 0) is 31.5 Å². The van der Waals surface area contributed by atoms with E-state index >= 15 is 0 Å². The van der Waals surface area contributed by atoms with Gasteiger partial charge in [0, 0.05) is 18.3 Å². The van der Waals surface area contributed by atoms with Crippen LogP contribution in [0.5, 0.6) is 0 Å². The van der Waals surface area contributed by atoms with E-state index in [4.69, 9.17) is 5.73 Å². The maximum atomic E-state index is 13.3. The lowest BCUT2D eigenvalue weighted by molar-refractivity contribution is 0.633. The molecule has 0 radical (unpaired) electrons. The van der Waals surface area contributed by atoms with Crippen molar-refractivity contribution in [3.63, 3.8) is 0 Å². The average molecular weight is 219 g/mol. The number of anilines is 1. The molecule has 4 heteroatoms. The Morgan fingerprint density at radius 1 is 1.44 bits per heavy atom. The van der Waals surface area contributed by atoms with Gasteiger partial charge in [-0.2, -0.15) is 5.10 Å². The number of aryl methyl sites for hydroxylation is 2. The Kier molecular flexibility index (Phi) is 2.64. The van der Waals surface area contributed by atoms with Crippen LogP contribution in [0.2, 0.25) is 0 Å². The molecule has 84 valence electrons. The molecule has 0 aliphatic carbocycles. The van der Waals surface area contributed by atoms with Gasteiger partial charge in [0.05, 0.1) is 11.4 Å². The molecule has 0 atom stereocenters. The lowest BCUT2D eigenvalue weighted by atomic mass is 10.1. The second-order valence-corrected chi connectivity index (χ2v) is 3.72. The molecule has 16 heavy (non-hydrogen) atoms. The van der Waals surface area contributed by atoms with Crippen molar-refractivity contribution < 1.29 is 4.39 Å². The fourth-order valence-electron chi connectivity index (χ4n) is 1.66. The molecule has 0 amide bonds. The van der Waals surface area contributed by atoms with Gasteiger partial charge in [-0.15, -0.1) is 0 Å². The van der Waals surface area contributed by atoms with E-state index in [-0.39, 0.29) is 11.5 Å². The summed E-state index contributed by atoms with van der Waals surface area (Å²) in [6.45, 7) is 4.73. The molecule has 1 aromatic carbocycles. The van der Waals surface area contributed by atoms with E-state index in [1.165, 1.54) is 6.07 Å². The third-order valence-corrected chi connectivity index (χ3v) is 2.58. The van der Waals surface area contributed by atoms with E-state index < -0.39 is 0 Å². The summed E-state index contributed by atoms with van der Waals surface area (Å²) < 4.78 is 15.2. The fraction of sp³-hybridized carbons (Fsp3) is 0.250. The lowest BCUT2D eigenvalue weighted by Crippen LogP contribution is -1.93. The molecule has 1 aromatic heterocycles. The van der Waals surface area contributed by atoms with Crippen LogP contribution in [-0.2, 0) is 6.54 Å². The van der Waals surface area contributed by atoms with E-state index in [1.54, 1.807) is 6.07 Å². The zero-order valence-electron chi connectivity index (χ0n) is 9.37. The number of nitrogens with two attached hydrogens (primary N) is 1. The predicted octanol–water partition coefficient (Wildman–Crippen LogP) is 2.60. The van der Waals surface area contributed by atoms with Gasteiger partial charge in [0.2, 0.25) is 0 Å². The zero-order valence-corrected chi connectivity index (χ0v) is 9.37. The summed E-state index contributed by atoms with van der Waals surface area (Å²) in [5.74, 6) is -0.388. The molecule has 0 fully saturated rings. The standard InChI is InChI=1S/C12H14FN3/c1-3-16-7-10(8(2)15-16)9-4-5-12(14)11(13)6-9/h4-7H,3,14H2,1-2H3. The molecule has 0 bridgehead atoms. The zero-order chi connectivity index (χ0) is 11.7. The second kappa shape index (κ2) is 3.96. The largest absolute Gasteiger partial charge is 0.396 e. The highest BCUT2D eigenvalue weighted by Gasteiger charge is 2.08. The number of nitrogens with zero attached hydrogens (tertiary/aromatic N) is 2. The van der Waals surface area contributed by atoms with Crippen molar-refractivity contribution in [3.05, 3.63) is 35.9 Å². The Hall–Kier alpha value is -1.84. The van der Waals surface area contributed by atoms with Crippen LogP contribution in [0.1, 0.15) is 12.6 Å². The average Bonchev–Trinajstić information content (AvgIpc) is 2.64. The first-order valence-corrected chi connectivity index (χ1v) is 5.21. The van der Waals surface area contributed by atoms with Crippen molar-refractivity contribution in [2.24, 2.45) is 0 Å². The minimum absolute atomic E-state index is 0.171. The summed E-state index contributed by atoms with van der Waals surface area (Å²) in [6.07, 6.45) is 1.92. The molecule has 2 N–H and O–H groups in total. The molecule has 0 spiro atoms. The number of nitrogen functional groups attached to an aromatic ring is 1. The van der Waals surface area contributed by atoms with E-state index in [0.29, 0.717) is 0 Å². The summed E-state index contributed by atoms with van der Waals surface area (Å²) in [6, 6.07) is 4.83. The third kappa shape index (κ3) is 1.78. The molecular formula is C12H14FN3. The summed E-state index contributed by atoms with van der Waals surface area (Å²) in [5.41, 5.74) is 8.26. The van der Waals surface area contributed by atoms with E-state index in [0.717, 1.165) is 23.4 Å². The number of rotatable bonds is 2. The Labute approximate surface area is 93.7 Å². The Balaban J connectivity index is 2.49. The van der Waals surface area contributed by atoms with Gasteiger partial charge in [0.15, 0.2) is 0 Å². The number of aromatic nitrogens is 2. The lowest BCUT2D eigenvalue weighted by Gasteiger charge is -2.01. The van der Waals surface area contributed by atoms with Crippen molar-refractivity contribution in [1.29, 1.82) is 0 Å². The SMILES string of the molecule is CCn1cc(-c2ccc(N)c(F)c2)c(C)n1. The summed E-state index contributed by atoms with van der Waals surface area (Å²) in [5, 5.41) is 4.32. The van der Waals surface area contributed by atoms with Crippen molar-refractivity contribution >= 4 is 5.69 Å². The van der Waals surface area contributed by atoms with Crippen LogP contribution in [0.3, 0.4) is 0 Å². The molecule has 2 rings (SSSR count). The van der Waals surface area contributed by atoms with E-state index in [1.807, 2.05) is 30.8 Å². The molecule has 0 saturated carbocycles. The normalized spacial score (nSPS) is 10.7. The highest BCUT2D eigenvalue weighted by Crippen LogP contribution is 2.25. The first kappa shape index (κ1) is 10.7. The molecule has 3 nitrogen and oxygen atoms in total. The number of halogens is 1. The molecule has 2 aromatic rings. The van der Waals surface area contributed by atoms with Crippen LogP contribution in [0.4, 0.5) is 10.1 Å². The smallest absolute Gasteiger partial charge is 0.146 e. The maximum absolute atomic E-state index is 13.3. The molecule has 0 aliphatic rings. The van der Waals surface area contributed by atoms with Crippen LogP contribution in [0, 0.1) is 12.7 Å². The third-order valence-electron chi connectivity index (χ3n) is 2.58. The summed E-state index contributed by atoms with van der Waals surface area (Å²) in [7, 11) is 0. The molecule has 1 heterocycles. The van der Waals surface area contributed by atoms with Gasteiger partial charge in [-0.1, -0.05) is 6.07 Å².